The summed E-state index contributed by atoms with van der Waals surface area (Å²) in [7, 11) is 0. The maximum absolute atomic E-state index is 12.7. The van der Waals surface area contributed by atoms with Gasteiger partial charge in [-0.3, -0.25) is 0 Å². The molecule has 0 aromatic carbocycles. The zero-order valence-corrected chi connectivity index (χ0v) is 12.0. The fourth-order valence-electron chi connectivity index (χ4n) is 6.46. The van der Waals surface area contributed by atoms with Crippen LogP contribution in [-0.4, -0.2) is 51.7 Å². The van der Waals surface area contributed by atoms with Gasteiger partial charge in [0.2, 0.25) is 0 Å². The number of aliphatic hydroxyl groups is 1. The van der Waals surface area contributed by atoms with Gasteiger partial charge < -0.3 is 14.9 Å². The van der Waals surface area contributed by atoms with Gasteiger partial charge in [-0.2, -0.15) is 0 Å². The largest absolute Gasteiger partial charge is 0.390 e. The molecule has 2 unspecified atom stereocenters. The second kappa shape index (κ2) is 3.70. The summed E-state index contributed by atoms with van der Waals surface area (Å²) in [6.45, 7) is 1.92. The third-order valence-electron chi connectivity index (χ3n) is 6.83. The number of urea groups is 1. The lowest BCUT2D eigenvalue weighted by atomic mass is 9.52. The summed E-state index contributed by atoms with van der Waals surface area (Å²) in [4.78, 5) is 17.0. The Morgan fingerprint density at radius 2 is 1.85 bits per heavy atom. The molecule has 4 nitrogen and oxygen atoms in total. The van der Waals surface area contributed by atoms with Crippen LogP contribution < -0.4 is 0 Å². The van der Waals surface area contributed by atoms with Gasteiger partial charge in [-0.15, -0.1) is 0 Å². The van der Waals surface area contributed by atoms with E-state index >= 15 is 0 Å². The number of hydrogen-bond donors (Lipinski definition) is 1. The maximum Gasteiger partial charge on any atom is 0.320 e. The van der Waals surface area contributed by atoms with Gasteiger partial charge in [-0.1, -0.05) is 0 Å². The van der Waals surface area contributed by atoms with Crippen LogP contribution >= 0.6 is 0 Å². The van der Waals surface area contributed by atoms with E-state index in [-0.39, 0.29) is 5.60 Å². The first-order valence-corrected chi connectivity index (χ1v) is 8.43. The van der Waals surface area contributed by atoms with Crippen molar-refractivity contribution in [2.75, 3.05) is 13.1 Å². The van der Waals surface area contributed by atoms with Gasteiger partial charge in [0.05, 0.1) is 11.6 Å². The van der Waals surface area contributed by atoms with E-state index in [2.05, 4.69) is 9.80 Å². The first-order chi connectivity index (χ1) is 9.63. The average Bonchev–Trinajstić information content (AvgIpc) is 2.91. The van der Waals surface area contributed by atoms with Crippen LogP contribution in [0.2, 0.25) is 0 Å². The number of hydrogen-bond acceptors (Lipinski definition) is 2. The molecule has 6 aliphatic rings. The quantitative estimate of drug-likeness (QED) is 0.794. The first kappa shape index (κ1) is 11.8. The Morgan fingerprint density at radius 3 is 2.50 bits per heavy atom. The average molecular weight is 276 g/mol. The molecule has 110 valence electrons. The third kappa shape index (κ3) is 1.44. The molecule has 20 heavy (non-hydrogen) atoms. The van der Waals surface area contributed by atoms with Crippen molar-refractivity contribution < 1.29 is 9.90 Å². The molecule has 4 aliphatic carbocycles. The number of rotatable bonds is 1. The zero-order valence-electron chi connectivity index (χ0n) is 12.0. The van der Waals surface area contributed by atoms with Crippen LogP contribution in [0.15, 0.2) is 0 Å². The Hall–Kier alpha value is -0.770. The molecule has 2 aliphatic heterocycles. The molecule has 6 fully saturated rings. The van der Waals surface area contributed by atoms with Gasteiger partial charge in [0, 0.05) is 19.1 Å². The molecule has 0 aromatic rings. The van der Waals surface area contributed by atoms with Crippen molar-refractivity contribution in [3.05, 3.63) is 0 Å². The van der Waals surface area contributed by atoms with E-state index in [9.17, 15) is 9.90 Å². The number of fused-ring (bicyclic) bond motifs is 1. The highest BCUT2D eigenvalue weighted by Gasteiger charge is 2.58. The topological polar surface area (TPSA) is 43.8 Å². The molecule has 2 saturated heterocycles. The van der Waals surface area contributed by atoms with E-state index in [0.29, 0.717) is 30.0 Å². The summed E-state index contributed by atoms with van der Waals surface area (Å²) in [5.41, 5.74) is -0.383. The summed E-state index contributed by atoms with van der Waals surface area (Å²) >= 11 is 0. The normalized spacial score (nSPS) is 53.0. The minimum absolute atomic E-state index is 0.303. The molecule has 4 heteroatoms. The van der Waals surface area contributed by atoms with Gasteiger partial charge in [0.1, 0.15) is 0 Å². The standard InChI is InChI=1S/C16H24N2O2/c19-15-17-3-1-2-13(17)9-18(15)14-11-4-10-5-12(14)8-16(20,6-10)7-11/h10-14,20H,1-9H2/t10?,11?,12?,13-,14?,16?/m0/s1. The van der Waals surface area contributed by atoms with Crippen molar-refractivity contribution in [2.45, 2.75) is 62.6 Å². The smallest absolute Gasteiger partial charge is 0.320 e. The number of amides is 2. The highest BCUT2D eigenvalue weighted by molar-refractivity contribution is 5.78. The van der Waals surface area contributed by atoms with Crippen LogP contribution in [0.25, 0.3) is 0 Å². The van der Waals surface area contributed by atoms with E-state index in [1.807, 2.05) is 0 Å². The molecule has 0 radical (unpaired) electrons. The summed E-state index contributed by atoms with van der Waals surface area (Å²) < 4.78 is 0. The van der Waals surface area contributed by atoms with Crippen molar-refractivity contribution in [3.8, 4) is 0 Å². The summed E-state index contributed by atoms with van der Waals surface area (Å²) in [5.74, 6) is 1.86. The molecule has 4 saturated carbocycles. The van der Waals surface area contributed by atoms with Crippen LogP contribution in [0.3, 0.4) is 0 Å². The van der Waals surface area contributed by atoms with E-state index in [1.165, 1.54) is 25.7 Å². The van der Waals surface area contributed by atoms with Crippen molar-refractivity contribution in [3.63, 3.8) is 0 Å². The highest BCUT2D eigenvalue weighted by Crippen LogP contribution is 2.57. The molecule has 4 bridgehead atoms. The van der Waals surface area contributed by atoms with Crippen molar-refractivity contribution in [1.29, 1.82) is 0 Å². The van der Waals surface area contributed by atoms with Gasteiger partial charge >= 0.3 is 6.03 Å². The van der Waals surface area contributed by atoms with Crippen LogP contribution in [0, 0.1) is 17.8 Å². The summed E-state index contributed by atoms with van der Waals surface area (Å²) in [6.07, 6.45) is 7.78. The molecule has 6 rings (SSSR count). The molecular formula is C16H24N2O2. The fourth-order valence-corrected chi connectivity index (χ4v) is 6.46. The predicted octanol–water partition coefficient (Wildman–Crippen LogP) is 1.83. The Balaban J connectivity index is 1.44. The fraction of sp³-hybridized carbons (Fsp3) is 0.938. The molecule has 3 atom stereocenters. The van der Waals surface area contributed by atoms with Crippen molar-refractivity contribution in [2.24, 2.45) is 17.8 Å². The Kier molecular flexibility index (Phi) is 2.19. The third-order valence-corrected chi connectivity index (χ3v) is 6.83. The van der Waals surface area contributed by atoms with Gasteiger partial charge in [0.15, 0.2) is 0 Å². The van der Waals surface area contributed by atoms with Crippen LogP contribution in [0.5, 0.6) is 0 Å². The second-order valence-corrected chi connectivity index (χ2v) is 8.11. The number of carbonyl (C=O) groups is 1. The Labute approximate surface area is 120 Å². The molecule has 2 amide bonds. The first-order valence-electron chi connectivity index (χ1n) is 8.43. The Bertz CT molecular complexity index is 449. The minimum atomic E-state index is -0.383. The Morgan fingerprint density at radius 1 is 1.10 bits per heavy atom. The molecule has 0 spiro atoms. The van der Waals surface area contributed by atoms with E-state index in [1.54, 1.807) is 0 Å². The zero-order chi connectivity index (χ0) is 13.5. The van der Waals surface area contributed by atoms with Gasteiger partial charge in [-0.05, 0) is 62.7 Å². The molecule has 2 heterocycles. The lowest BCUT2D eigenvalue weighted by Crippen LogP contribution is -2.62. The van der Waals surface area contributed by atoms with Gasteiger partial charge in [-0.25, -0.2) is 4.79 Å². The molecular weight excluding hydrogens is 252 g/mol. The summed E-state index contributed by atoms with van der Waals surface area (Å²) in [6, 6.07) is 1.23. The van der Waals surface area contributed by atoms with E-state index in [0.717, 1.165) is 38.3 Å². The molecule has 1 N–H and O–H groups in total. The number of nitrogens with zero attached hydrogens (tertiary/aromatic N) is 2. The lowest BCUT2D eigenvalue weighted by Gasteiger charge is -2.59. The van der Waals surface area contributed by atoms with Crippen LogP contribution in [0.4, 0.5) is 4.79 Å². The predicted molar refractivity (Wildman–Crippen MR) is 74.1 cm³/mol. The highest BCUT2D eigenvalue weighted by atomic mass is 16.3. The van der Waals surface area contributed by atoms with Crippen LogP contribution in [-0.2, 0) is 0 Å². The van der Waals surface area contributed by atoms with Crippen LogP contribution in [0.1, 0.15) is 44.9 Å². The SMILES string of the molecule is O=C1N(C2C3CC4CC2CC(O)(C4)C3)C[C@@H]2CCCN12. The van der Waals surface area contributed by atoms with Crippen molar-refractivity contribution >= 4 is 6.03 Å². The van der Waals surface area contributed by atoms with E-state index in [4.69, 9.17) is 0 Å². The van der Waals surface area contributed by atoms with Gasteiger partial charge in [0.25, 0.3) is 0 Å². The molecule has 0 aromatic heterocycles. The van der Waals surface area contributed by atoms with E-state index < -0.39 is 0 Å². The lowest BCUT2D eigenvalue weighted by molar-refractivity contribution is -0.152. The number of carbonyl (C=O) groups excluding carboxylic acids is 1. The second-order valence-electron chi connectivity index (χ2n) is 8.11. The van der Waals surface area contributed by atoms with Crippen molar-refractivity contribution in [1.82, 2.24) is 9.80 Å². The summed E-state index contributed by atoms with van der Waals surface area (Å²) in [5, 5.41) is 10.7. The minimum Gasteiger partial charge on any atom is -0.390 e. The maximum atomic E-state index is 12.7. The monoisotopic (exact) mass is 276 g/mol.